The van der Waals surface area contributed by atoms with Gasteiger partial charge in [-0.3, -0.25) is 0 Å². The van der Waals surface area contributed by atoms with Crippen molar-refractivity contribution in [3.05, 3.63) is 85.0 Å². The minimum absolute atomic E-state index is 0.179. The van der Waals surface area contributed by atoms with E-state index in [0.29, 0.717) is 32.5 Å². The molecular formula is C28H37ClO6. The Morgan fingerprint density at radius 1 is 0.886 bits per heavy atom. The highest BCUT2D eigenvalue weighted by molar-refractivity contribution is 6.18. The van der Waals surface area contributed by atoms with Crippen LogP contribution in [0.25, 0.3) is 0 Å². The maximum atomic E-state index is 9.26. The molecule has 1 heterocycles. The van der Waals surface area contributed by atoms with Crippen LogP contribution in [-0.2, 0) is 27.1 Å². The first kappa shape index (κ1) is 28.9. The van der Waals surface area contributed by atoms with Crippen LogP contribution in [0.15, 0.2) is 73.8 Å². The van der Waals surface area contributed by atoms with E-state index < -0.39 is 6.10 Å². The first-order valence-electron chi connectivity index (χ1n) is 11.8. The third kappa shape index (κ3) is 14.0. The largest absolute Gasteiger partial charge is 0.491 e. The number of hydrogen-bond acceptors (Lipinski definition) is 6. The van der Waals surface area contributed by atoms with Crippen molar-refractivity contribution in [2.75, 3.05) is 52.1 Å². The average Bonchev–Trinajstić information content (AvgIpc) is 3.73. The predicted octanol–water partition coefficient (Wildman–Crippen LogP) is 4.62. The van der Waals surface area contributed by atoms with Gasteiger partial charge in [-0.05, 0) is 48.2 Å². The van der Waals surface area contributed by atoms with Crippen LogP contribution in [0, 0.1) is 0 Å². The van der Waals surface area contributed by atoms with Crippen LogP contribution in [-0.4, -0.2) is 69.4 Å². The van der Waals surface area contributed by atoms with Crippen LogP contribution in [0.5, 0.6) is 11.5 Å². The van der Waals surface area contributed by atoms with E-state index in [4.69, 9.17) is 35.3 Å². The zero-order chi connectivity index (χ0) is 25.1. The minimum atomic E-state index is -0.626. The molecule has 7 heteroatoms. The average molecular weight is 505 g/mol. The molecule has 1 saturated heterocycles. The molecule has 0 spiro atoms. The summed E-state index contributed by atoms with van der Waals surface area (Å²) in [4.78, 5) is 0. The minimum Gasteiger partial charge on any atom is -0.491 e. The molecule has 0 aromatic heterocycles. The number of ether oxygens (including phenoxy) is 5. The zero-order valence-corrected chi connectivity index (χ0v) is 21.0. The van der Waals surface area contributed by atoms with Gasteiger partial charge in [0.2, 0.25) is 0 Å². The van der Waals surface area contributed by atoms with Gasteiger partial charge in [0.15, 0.2) is 0 Å². The second-order valence-corrected chi connectivity index (χ2v) is 8.21. The third-order valence-corrected chi connectivity index (χ3v) is 5.20. The predicted molar refractivity (Wildman–Crippen MR) is 140 cm³/mol. The number of epoxide rings is 1. The Morgan fingerprint density at radius 2 is 1.37 bits per heavy atom. The molecule has 0 aliphatic carbocycles. The molecule has 6 nitrogen and oxygen atoms in total. The van der Waals surface area contributed by atoms with Crippen LogP contribution in [0.4, 0.5) is 0 Å². The molecule has 0 amide bonds. The van der Waals surface area contributed by atoms with E-state index >= 15 is 0 Å². The standard InChI is InChI=1S/C14H19ClO3.C14H18O3/c1-2-8-17-9-7-12-3-5-14(6-4-12)18-11-13(16)10-15;1-2-8-15-9-7-12-3-5-13(6-4-12)16-10-14-11-17-14/h2-6,13,16H,1,7-11H2;2-6,14H,1,7-11H2. The third-order valence-electron chi connectivity index (χ3n) is 4.85. The van der Waals surface area contributed by atoms with Crippen molar-refractivity contribution >= 4 is 11.6 Å². The SMILES string of the molecule is C=CCOCCc1ccc(OCC(O)CCl)cc1.C=CCOCCc1ccc(OCC2CO2)cc1. The fraction of sp³-hybridized carbons (Fsp3) is 0.429. The Hall–Kier alpha value is -2.35. The Labute approximate surface area is 214 Å². The number of benzene rings is 2. The van der Waals surface area contributed by atoms with Gasteiger partial charge in [0.25, 0.3) is 0 Å². The second kappa shape index (κ2) is 18.0. The molecule has 0 saturated carbocycles. The lowest BCUT2D eigenvalue weighted by atomic mass is 10.1. The van der Waals surface area contributed by atoms with E-state index in [1.807, 2.05) is 36.4 Å². The van der Waals surface area contributed by atoms with Crippen LogP contribution in [0.1, 0.15) is 11.1 Å². The molecule has 1 fully saturated rings. The summed E-state index contributed by atoms with van der Waals surface area (Å²) in [6.45, 7) is 11.5. The van der Waals surface area contributed by atoms with Crippen LogP contribution < -0.4 is 9.47 Å². The highest BCUT2D eigenvalue weighted by Gasteiger charge is 2.22. The Morgan fingerprint density at radius 3 is 1.80 bits per heavy atom. The maximum Gasteiger partial charge on any atom is 0.119 e. The van der Waals surface area contributed by atoms with Crippen molar-refractivity contribution < 1.29 is 28.8 Å². The molecule has 3 rings (SSSR count). The Balaban J connectivity index is 0.000000247. The van der Waals surface area contributed by atoms with Crippen LogP contribution >= 0.6 is 11.6 Å². The number of halogens is 1. The molecule has 2 atom stereocenters. The summed E-state index contributed by atoms with van der Waals surface area (Å²) in [5.41, 5.74) is 2.44. The van der Waals surface area contributed by atoms with E-state index in [9.17, 15) is 5.11 Å². The summed E-state index contributed by atoms with van der Waals surface area (Å²) < 4.78 is 26.7. The Bertz CT molecular complexity index is 820. The molecule has 0 bridgehead atoms. The second-order valence-electron chi connectivity index (χ2n) is 7.90. The van der Waals surface area contributed by atoms with Gasteiger partial charge in [-0.1, -0.05) is 36.4 Å². The maximum absolute atomic E-state index is 9.26. The molecular weight excluding hydrogens is 468 g/mol. The van der Waals surface area contributed by atoms with Gasteiger partial charge in [-0.15, -0.1) is 24.8 Å². The van der Waals surface area contributed by atoms with Crippen LogP contribution in [0.2, 0.25) is 0 Å². The highest BCUT2D eigenvalue weighted by Crippen LogP contribution is 2.16. The summed E-state index contributed by atoms with van der Waals surface area (Å²) >= 11 is 5.48. The summed E-state index contributed by atoms with van der Waals surface area (Å²) in [5.74, 6) is 1.81. The van der Waals surface area contributed by atoms with Gasteiger partial charge in [0.1, 0.15) is 36.9 Å². The van der Waals surface area contributed by atoms with Gasteiger partial charge in [-0.2, -0.15) is 0 Å². The van der Waals surface area contributed by atoms with E-state index in [0.717, 1.165) is 37.6 Å². The summed E-state index contributed by atoms with van der Waals surface area (Å²) in [7, 11) is 0. The molecule has 2 unspecified atom stereocenters. The Kier molecular flexibility index (Phi) is 14.8. The normalized spacial score (nSPS) is 14.9. The van der Waals surface area contributed by atoms with Crippen LogP contribution in [0.3, 0.4) is 0 Å². The topological polar surface area (TPSA) is 69.7 Å². The number of aliphatic hydroxyl groups excluding tert-OH is 1. The lowest BCUT2D eigenvalue weighted by Gasteiger charge is -2.10. The van der Waals surface area contributed by atoms with E-state index in [1.165, 1.54) is 11.1 Å². The molecule has 35 heavy (non-hydrogen) atoms. The van der Waals surface area contributed by atoms with Crippen molar-refractivity contribution in [2.24, 2.45) is 0 Å². The van der Waals surface area contributed by atoms with E-state index in [2.05, 4.69) is 25.3 Å². The fourth-order valence-electron chi connectivity index (χ4n) is 2.81. The van der Waals surface area contributed by atoms with Crippen molar-refractivity contribution in [1.29, 1.82) is 0 Å². The number of hydrogen-bond donors (Lipinski definition) is 1. The van der Waals surface area contributed by atoms with Crippen molar-refractivity contribution in [2.45, 2.75) is 25.0 Å². The molecule has 1 N–H and O–H groups in total. The first-order valence-corrected chi connectivity index (χ1v) is 12.3. The highest BCUT2D eigenvalue weighted by atomic mass is 35.5. The lowest BCUT2D eigenvalue weighted by molar-refractivity contribution is 0.125. The summed E-state index contributed by atoms with van der Waals surface area (Å²) in [6, 6.07) is 15.9. The van der Waals surface area contributed by atoms with Crippen molar-refractivity contribution in [1.82, 2.24) is 0 Å². The fourth-order valence-corrected chi connectivity index (χ4v) is 2.90. The lowest BCUT2D eigenvalue weighted by Crippen LogP contribution is -2.18. The van der Waals surface area contributed by atoms with Gasteiger partial charge in [-0.25, -0.2) is 0 Å². The summed E-state index contributed by atoms with van der Waals surface area (Å²) in [6.07, 6.45) is 4.95. The van der Waals surface area contributed by atoms with E-state index in [-0.39, 0.29) is 12.5 Å². The van der Waals surface area contributed by atoms with Gasteiger partial charge in [0, 0.05) is 0 Å². The van der Waals surface area contributed by atoms with Gasteiger partial charge in [0.05, 0.1) is 38.9 Å². The van der Waals surface area contributed by atoms with Gasteiger partial charge >= 0.3 is 0 Å². The molecule has 192 valence electrons. The number of rotatable bonds is 17. The number of aliphatic hydroxyl groups is 1. The molecule has 1 aliphatic rings. The molecule has 1 aliphatic heterocycles. The summed E-state index contributed by atoms with van der Waals surface area (Å²) in [5, 5.41) is 9.26. The smallest absolute Gasteiger partial charge is 0.119 e. The molecule has 0 radical (unpaired) electrons. The van der Waals surface area contributed by atoms with E-state index in [1.54, 1.807) is 12.2 Å². The van der Waals surface area contributed by atoms with Crippen molar-refractivity contribution in [3.63, 3.8) is 0 Å². The monoisotopic (exact) mass is 504 g/mol. The quantitative estimate of drug-likeness (QED) is 0.147. The van der Waals surface area contributed by atoms with Gasteiger partial charge < -0.3 is 28.8 Å². The molecule has 2 aromatic carbocycles. The zero-order valence-electron chi connectivity index (χ0n) is 20.3. The molecule has 2 aromatic rings. The number of alkyl halides is 1. The first-order chi connectivity index (χ1) is 17.1. The van der Waals surface area contributed by atoms with Crippen molar-refractivity contribution in [3.8, 4) is 11.5 Å².